The van der Waals surface area contributed by atoms with E-state index in [1.807, 2.05) is 49.4 Å². The van der Waals surface area contributed by atoms with E-state index < -0.39 is 23.8 Å². The minimum Gasteiger partial charge on any atom is -0.393 e. The Hall–Kier alpha value is -2.95. The van der Waals surface area contributed by atoms with Gasteiger partial charge in [0.2, 0.25) is 5.91 Å². The molecule has 0 heterocycles. The van der Waals surface area contributed by atoms with Gasteiger partial charge in [0.05, 0.1) is 5.92 Å². The molecule has 0 aromatic heterocycles. The summed E-state index contributed by atoms with van der Waals surface area (Å²) in [7, 11) is 0. The van der Waals surface area contributed by atoms with E-state index >= 15 is 0 Å². The lowest BCUT2D eigenvalue weighted by molar-refractivity contribution is -0.161. The first kappa shape index (κ1) is 18.4. The van der Waals surface area contributed by atoms with Gasteiger partial charge in [-0.1, -0.05) is 61.5 Å². The third-order valence-corrected chi connectivity index (χ3v) is 3.78. The van der Waals surface area contributed by atoms with Crippen LogP contribution < -0.4 is 5.73 Å². The summed E-state index contributed by atoms with van der Waals surface area (Å²) in [5.41, 5.74) is 7.86. The van der Waals surface area contributed by atoms with Crippen molar-refractivity contribution in [2.75, 3.05) is 0 Å². The van der Waals surface area contributed by atoms with Crippen LogP contribution in [0.25, 0.3) is 11.1 Å². The van der Waals surface area contributed by atoms with Gasteiger partial charge in [0.25, 0.3) is 0 Å². The molecular weight excluding hydrogens is 318 g/mol. The lowest BCUT2D eigenvalue weighted by atomic mass is 9.93. The molecule has 5 nitrogen and oxygen atoms in total. The van der Waals surface area contributed by atoms with Gasteiger partial charge in [0, 0.05) is 12.8 Å². The van der Waals surface area contributed by atoms with Crippen LogP contribution in [0.2, 0.25) is 0 Å². The molecule has 2 N–H and O–H groups in total. The maximum atomic E-state index is 12.3. The molecule has 0 fully saturated rings. The van der Waals surface area contributed by atoms with Crippen molar-refractivity contribution in [3.05, 3.63) is 60.2 Å². The van der Waals surface area contributed by atoms with Crippen LogP contribution in [-0.4, -0.2) is 17.8 Å². The fraction of sp³-hybridized carbons (Fsp3) is 0.250. The Morgan fingerprint density at radius 3 is 2.12 bits per heavy atom. The second-order valence-electron chi connectivity index (χ2n) is 5.75. The minimum atomic E-state index is -0.886. The lowest BCUT2D eigenvalue weighted by Crippen LogP contribution is -2.25. The molecular formula is C20H21NO4. The Kier molecular flexibility index (Phi) is 6.46. The van der Waals surface area contributed by atoms with Gasteiger partial charge in [-0.2, -0.15) is 0 Å². The summed E-state index contributed by atoms with van der Waals surface area (Å²) in [6.07, 6.45) is 0.531. The van der Waals surface area contributed by atoms with E-state index in [1.54, 1.807) is 12.1 Å². The second kappa shape index (κ2) is 8.78. The van der Waals surface area contributed by atoms with Crippen LogP contribution in [0.4, 0.5) is 0 Å². The highest BCUT2D eigenvalue weighted by Crippen LogP contribution is 2.25. The molecule has 5 heteroatoms. The lowest BCUT2D eigenvalue weighted by Gasteiger charge is -2.14. The van der Waals surface area contributed by atoms with E-state index in [1.165, 1.54) is 0 Å². The SMILES string of the molecule is CCCC(=O)OC(=O)[C@H](CC(N)=O)c1ccc(-c2ccccc2)cc1. The zero-order valence-corrected chi connectivity index (χ0v) is 14.1. The van der Waals surface area contributed by atoms with Crippen molar-refractivity contribution in [1.82, 2.24) is 0 Å². The summed E-state index contributed by atoms with van der Waals surface area (Å²) in [4.78, 5) is 35.1. The smallest absolute Gasteiger partial charge is 0.321 e. The van der Waals surface area contributed by atoms with Gasteiger partial charge in [-0.05, 0) is 23.1 Å². The molecule has 2 aromatic rings. The minimum absolute atomic E-state index is 0.155. The maximum absolute atomic E-state index is 12.3. The van der Waals surface area contributed by atoms with Crippen LogP contribution in [0.3, 0.4) is 0 Å². The fourth-order valence-electron chi connectivity index (χ4n) is 2.52. The van der Waals surface area contributed by atoms with Crippen LogP contribution in [0.5, 0.6) is 0 Å². The molecule has 1 atom stereocenters. The van der Waals surface area contributed by atoms with Gasteiger partial charge in [0.15, 0.2) is 0 Å². The summed E-state index contributed by atoms with van der Waals surface area (Å²) in [5.74, 6) is -2.85. The molecule has 0 saturated carbocycles. The van der Waals surface area contributed by atoms with Crippen molar-refractivity contribution in [1.29, 1.82) is 0 Å². The van der Waals surface area contributed by atoms with Crippen LogP contribution in [0.1, 0.15) is 37.7 Å². The number of hydrogen-bond acceptors (Lipinski definition) is 4. The van der Waals surface area contributed by atoms with Gasteiger partial charge in [0.1, 0.15) is 0 Å². The molecule has 0 aliphatic rings. The van der Waals surface area contributed by atoms with Gasteiger partial charge in [-0.15, -0.1) is 0 Å². The van der Waals surface area contributed by atoms with Crippen LogP contribution >= 0.6 is 0 Å². The van der Waals surface area contributed by atoms with E-state index in [4.69, 9.17) is 10.5 Å². The van der Waals surface area contributed by atoms with Crippen LogP contribution in [0, 0.1) is 0 Å². The van der Waals surface area contributed by atoms with E-state index in [0.29, 0.717) is 12.0 Å². The number of amides is 1. The standard InChI is InChI=1S/C20H21NO4/c1-2-6-19(23)25-20(24)17(13-18(21)22)16-11-9-15(10-12-16)14-7-4-3-5-8-14/h3-5,7-12,17H,2,6,13H2,1H3,(H2,21,22)/t17-/m1/s1. The molecule has 25 heavy (non-hydrogen) atoms. The molecule has 0 unspecified atom stereocenters. The van der Waals surface area contributed by atoms with E-state index in [9.17, 15) is 14.4 Å². The number of rotatable bonds is 7. The summed E-state index contributed by atoms with van der Waals surface area (Å²) >= 11 is 0. The summed E-state index contributed by atoms with van der Waals surface area (Å²) < 4.78 is 4.84. The number of carbonyl (C=O) groups excluding carboxylic acids is 3. The zero-order chi connectivity index (χ0) is 18.2. The average Bonchev–Trinajstić information content (AvgIpc) is 2.60. The Morgan fingerprint density at radius 1 is 0.960 bits per heavy atom. The van der Waals surface area contributed by atoms with E-state index in [-0.39, 0.29) is 12.8 Å². The van der Waals surface area contributed by atoms with Gasteiger partial charge in [-0.25, -0.2) is 0 Å². The van der Waals surface area contributed by atoms with Crippen molar-refractivity contribution in [3.63, 3.8) is 0 Å². The molecule has 0 aliphatic carbocycles. The third-order valence-electron chi connectivity index (χ3n) is 3.78. The molecule has 2 aromatic carbocycles. The summed E-state index contributed by atoms with van der Waals surface area (Å²) in [6.45, 7) is 1.81. The van der Waals surface area contributed by atoms with Crippen molar-refractivity contribution < 1.29 is 19.1 Å². The Morgan fingerprint density at radius 2 is 1.56 bits per heavy atom. The molecule has 130 valence electrons. The molecule has 0 aliphatic heterocycles. The predicted molar refractivity (Wildman–Crippen MR) is 94.4 cm³/mol. The first-order valence-electron chi connectivity index (χ1n) is 8.19. The highest BCUT2D eigenvalue weighted by molar-refractivity contribution is 5.92. The molecule has 0 radical (unpaired) electrons. The number of hydrogen-bond donors (Lipinski definition) is 1. The first-order chi connectivity index (χ1) is 12.0. The van der Waals surface area contributed by atoms with E-state index in [0.717, 1.165) is 11.1 Å². The Bertz CT molecular complexity index is 738. The highest BCUT2D eigenvalue weighted by Gasteiger charge is 2.26. The number of carbonyl (C=O) groups is 3. The van der Waals surface area contributed by atoms with Gasteiger partial charge >= 0.3 is 11.9 Å². The normalized spacial score (nSPS) is 11.6. The molecule has 1 amide bonds. The van der Waals surface area contributed by atoms with Crippen molar-refractivity contribution in [2.24, 2.45) is 5.73 Å². The monoisotopic (exact) mass is 339 g/mol. The van der Waals surface area contributed by atoms with Crippen LogP contribution in [0.15, 0.2) is 54.6 Å². The third kappa shape index (κ3) is 5.28. The van der Waals surface area contributed by atoms with Crippen molar-refractivity contribution >= 4 is 17.8 Å². The largest absolute Gasteiger partial charge is 0.393 e. The average molecular weight is 339 g/mol. The Balaban J connectivity index is 2.21. The van der Waals surface area contributed by atoms with Gasteiger partial charge < -0.3 is 10.5 Å². The second-order valence-corrected chi connectivity index (χ2v) is 5.75. The van der Waals surface area contributed by atoms with Gasteiger partial charge in [-0.3, -0.25) is 14.4 Å². The molecule has 2 rings (SSSR count). The first-order valence-corrected chi connectivity index (χ1v) is 8.19. The number of esters is 2. The number of nitrogens with two attached hydrogens (primary N) is 1. The fourth-order valence-corrected chi connectivity index (χ4v) is 2.52. The number of benzene rings is 2. The topological polar surface area (TPSA) is 86.5 Å². The number of ether oxygens (including phenoxy) is 1. The van der Waals surface area contributed by atoms with E-state index in [2.05, 4.69) is 0 Å². The summed E-state index contributed by atoms with van der Waals surface area (Å²) in [5, 5.41) is 0. The maximum Gasteiger partial charge on any atom is 0.321 e. The zero-order valence-electron chi connectivity index (χ0n) is 14.1. The molecule has 0 bridgehead atoms. The Labute approximate surface area is 146 Å². The highest BCUT2D eigenvalue weighted by atomic mass is 16.6. The molecule has 0 saturated heterocycles. The molecule has 0 spiro atoms. The quantitative estimate of drug-likeness (QED) is 0.620. The predicted octanol–water partition coefficient (Wildman–Crippen LogP) is 3.18. The number of primary amides is 1. The van der Waals surface area contributed by atoms with Crippen molar-refractivity contribution in [3.8, 4) is 11.1 Å². The van der Waals surface area contributed by atoms with Crippen LogP contribution in [-0.2, 0) is 19.1 Å². The van der Waals surface area contributed by atoms with Crippen molar-refractivity contribution in [2.45, 2.75) is 32.1 Å². The summed E-state index contributed by atoms with van der Waals surface area (Å²) in [6, 6.07) is 17.0.